The highest BCUT2D eigenvalue weighted by atomic mass is 35.5. The van der Waals surface area contributed by atoms with E-state index in [1.165, 1.54) is 24.3 Å². The van der Waals surface area contributed by atoms with E-state index < -0.39 is 65.1 Å². The molecule has 0 spiro atoms. The number of hydrogen-bond donors (Lipinski definition) is 1. The highest BCUT2D eigenvalue weighted by Gasteiger charge is 2.64. The van der Waals surface area contributed by atoms with E-state index in [-0.39, 0.29) is 43.8 Å². The maximum atomic E-state index is 15.4. The van der Waals surface area contributed by atoms with Gasteiger partial charge in [0.25, 0.3) is 0 Å². The second-order valence-electron chi connectivity index (χ2n) is 9.24. The third kappa shape index (κ3) is 3.79. The average Bonchev–Trinajstić information content (AvgIpc) is 2.79. The highest BCUT2D eigenvalue weighted by Crippen LogP contribution is 2.59. The fourth-order valence-electron chi connectivity index (χ4n) is 6.10. The van der Waals surface area contributed by atoms with Gasteiger partial charge in [0.1, 0.15) is 10.6 Å². The Hall–Kier alpha value is -1.75. The lowest BCUT2D eigenvalue weighted by Crippen LogP contribution is -2.63. The Morgan fingerprint density at radius 2 is 1.80 bits per heavy atom. The fraction of sp³-hybridized carbons (Fsp3) is 0.500. The van der Waals surface area contributed by atoms with Gasteiger partial charge in [0.2, 0.25) is 10.0 Å². The lowest BCUT2D eigenvalue weighted by Gasteiger charge is -2.54. The largest absolute Gasteiger partial charge is 0.490 e. The average molecular weight is 548 g/mol. The van der Waals surface area contributed by atoms with Crippen molar-refractivity contribution in [3.63, 3.8) is 0 Å². The van der Waals surface area contributed by atoms with E-state index in [9.17, 15) is 21.2 Å². The van der Waals surface area contributed by atoms with Crippen LogP contribution in [-0.4, -0.2) is 34.7 Å². The van der Waals surface area contributed by atoms with Crippen LogP contribution in [0.1, 0.15) is 45.6 Å². The van der Waals surface area contributed by atoms with Gasteiger partial charge in [-0.05, 0) is 68.0 Å². The van der Waals surface area contributed by atoms with E-state index in [0.29, 0.717) is 11.4 Å². The Labute approximate surface area is 210 Å². The molecule has 2 aromatic carbocycles. The smallest absolute Gasteiger partial charge is 0.214 e. The molecule has 11 heteroatoms. The lowest BCUT2D eigenvalue weighted by atomic mass is 9.64. The van der Waals surface area contributed by atoms with Crippen molar-refractivity contribution in [2.24, 2.45) is 11.8 Å². The van der Waals surface area contributed by atoms with E-state index in [1.807, 2.05) is 0 Å². The van der Waals surface area contributed by atoms with E-state index in [0.717, 1.165) is 12.1 Å². The summed E-state index contributed by atoms with van der Waals surface area (Å²) in [4.78, 5) is -0.0553. The van der Waals surface area contributed by atoms with E-state index in [1.54, 1.807) is 6.92 Å². The van der Waals surface area contributed by atoms with Crippen LogP contribution in [0, 0.1) is 23.5 Å². The summed E-state index contributed by atoms with van der Waals surface area (Å²) in [6, 6.07) is 6.94. The number of sulfone groups is 1. The first kappa shape index (κ1) is 26.3. The Bertz CT molecular complexity index is 1350. The third-order valence-electron chi connectivity index (χ3n) is 7.70. The predicted octanol–water partition coefficient (Wildman–Crippen LogP) is 4.81. The van der Waals surface area contributed by atoms with Crippen molar-refractivity contribution in [3.8, 4) is 5.75 Å². The first-order valence-corrected chi connectivity index (χ1v) is 14.6. The fourth-order valence-corrected chi connectivity index (χ4v) is 10.4. The van der Waals surface area contributed by atoms with Gasteiger partial charge in [-0.25, -0.2) is 30.3 Å². The van der Waals surface area contributed by atoms with E-state index in [4.69, 9.17) is 16.3 Å². The van der Waals surface area contributed by atoms with Crippen molar-refractivity contribution in [3.05, 3.63) is 58.6 Å². The molecule has 1 saturated carbocycles. The molecule has 35 heavy (non-hydrogen) atoms. The molecule has 2 aliphatic heterocycles. The molecule has 1 aliphatic carbocycles. The number of hydrogen-bond acceptors (Lipinski definition) is 5. The molecule has 3 aliphatic rings. The Kier molecular flexibility index (Phi) is 6.75. The number of ether oxygens (including phenoxy) is 1. The van der Waals surface area contributed by atoms with Crippen LogP contribution < -0.4 is 9.46 Å². The molecule has 2 aromatic rings. The van der Waals surface area contributed by atoms with Crippen molar-refractivity contribution in [1.82, 2.24) is 4.72 Å². The molecule has 0 aromatic heterocycles. The minimum absolute atomic E-state index is 0. The monoisotopic (exact) mass is 547 g/mol. The summed E-state index contributed by atoms with van der Waals surface area (Å²) in [5.41, 5.74) is -0.307. The van der Waals surface area contributed by atoms with Gasteiger partial charge in [-0.15, -0.1) is 0 Å². The molecule has 6 nitrogen and oxygen atoms in total. The highest BCUT2D eigenvalue weighted by molar-refractivity contribution is 7.92. The van der Waals surface area contributed by atoms with Crippen molar-refractivity contribution < 1.29 is 30.4 Å². The summed E-state index contributed by atoms with van der Waals surface area (Å²) in [6.45, 7) is 1.59. The van der Waals surface area contributed by atoms with Gasteiger partial charge in [-0.3, -0.25) is 0 Å². The van der Waals surface area contributed by atoms with Gasteiger partial charge in [0.15, 0.2) is 21.4 Å². The number of nitrogens with one attached hydrogen (secondary N) is 1. The van der Waals surface area contributed by atoms with Crippen LogP contribution in [0.4, 0.5) is 8.78 Å². The molecule has 5 rings (SSSR count). The molecule has 0 radical (unpaired) electrons. The zero-order valence-electron chi connectivity index (χ0n) is 18.3. The minimum atomic E-state index is -4.28. The van der Waals surface area contributed by atoms with E-state index >= 15 is 4.39 Å². The van der Waals surface area contributed by atoms with Gasteiger partial charge in [0.05, 0.1) is 22.3 Å². The van der Waals surface area contributed by atoms with Crippen LogP contribution in [-0.2, 0) is 24.6 Å². The summed E-state index contributed by atoms with van der Waals surface area (Å²) in [5.74, 6) is -3.30. The van der Waals surface area contributed by atoms with Crippen molar-refractivity contribution in [2.75, 3.05) is 6.61 Å². The molecule has 2 heterocycles. The van der Waals surface area contributed by atoms with Crippen molar-refractivity contribution in [1.29, 1.82) is 0 Å². The lowest BCUT2D eigenvalue weighted by molar-refractivity contribution is 0.0491. The van der Waals surface area contributed by atoms with E-state index in [2.05, 4.69) is 4.72 Å². The molecule has 0 amide bonds. The van der Waals surface area contributed by atoms with Gasteiger partial charge in [0, 0.05) is 17.0 Å². The molecule has 0 unspecified atom stereocenters. The zero-order chi connectivity index (χ0) is 24.5. The van der Waals surface area contributed by atoms with Crippen LogP contribution in [0.15, 0.2) is 41.3 Å². The molecule has 5 atom stereocenters. The number of benzene rings is 2. The first-order chi connectivity index (χ1) is 16.0. The Morgan fingerprint density at radius 1 is 1.14 bits per heavy atom. The van der Waals surface area contributed by atoms with Gasteiger partial charge in [-0.2, -0.15) is 0 Å². The quantitative estimate of drug-likeness (QED) is 0.595. The second kappa shape index (κ2) is 8.97. The zero-order valence-corrected chi connectivity index (χ0v) is 20.7. The van der Waals surface area contributed by atoms with Crippen LogP contribution in [0.3, 0.4) is 0 Å². The van der Waals surface area contributed by atoms with Gasteiger partial charge < -0.3 is 4.74 Å². The maximum absolute atomic E-state index is 15.4. The van der Waals surface area contributed by atoms with Gasteiger partial charge in [-0.1, -0.05) is 26.0 Å². The number of fused-ring (bicyclic) bond motifs is 5. The maximum Gasteiger partial charge on any atom is 0.214 e. The first-order valence-electron chi connectivity index (χ1n) is 11.2. The second-order valence-corrected chi connectivity index (χ2v) is 13.9. The van der Waals surface area contributed by atoms with Crippen LogP contribution in [0.5, 0.6) is 5.75 Å². The number of rotatable bonds is 3. The van der Waals surface area contributed by atoms with Crippen LogP contribution >= 0.6 is 11.6 Å². The number of halogens is 3. The molecular weight excluding hydrogens is 520 g/mol. The Balaban J connectivity index is 0.00000289. The van der Waals surface area contributed by atoms with Crippen molar-refractivity contribution >= 4 is 31.5 Å². The van der Waals surface area contributed by atoms with Crippen molar-refractivity contribution in [2.45, 2.75) is 61.0 Å². The van der Waals surface area contributed by atoms with Gasteiger partial charge >= 0.3 is 0 Å². The normalized spacial score (nSPS) is 31.2. The predicted molar refractivity (Wildman–Crippen MR) is 130 cm³/mol. The summed E-state index contributed by atoms with van der Waals surface area (Å²) < 4.78 is 90.7. The van der Waals surface area contributed by atoms with Crippen LogP contribution in [0.2, 0.25) is 5.02 Å². The standard InChI is InChI=1S/C23H24ClF2NO5S2.CH4/c1-2-14-11-16-17-12-32-22-19(26)8-7-18(25)21(22)23(17,10-9-20(16)27-34(14,30)31)33(28,29)15-5-3-13(24)4-6-15;/h3-8,14,16-17,20,27H,2,9-12H2,1H3;1H4/t14-,16+,17+,20-,23+;/m0./s1. The minimum Gasteiger partial charge on any atom is -0.490 e. The summed E-state index contributed by atoms with van der Waals surface area (Å²) in [6.07, 6.45) is 0.649. The SMILES string of the molecule is C.CC[C@H]1C[C@H]2[C@H](CC[C@]3(S(=O)(=O)c4ccc(Cl)cc4)c4c(F)ccc(F)c4OC[C@H]23)NS1(=O)=O. The summed E-state index contributed by atoms with van der Waals surface area (Å²) in [5, 5.41) is -0.365. The molecular formula is C24H28ClF2NO5S2. The topological polar surface area (TPSA) is 89.5 Å². The number of sulfonamides is 1. The Morgan fingerprint density at radius 3 is 2.46 bits per heavy atom. The molecule has 192 valence electrons. The summed E-state index contributed by atoms with van der Waals surface area (Å²) >= 11 is 5.97. The molecule has 0 bridgehead atoms. The molecule has 1 saturated heterocycles. The summed E-state index contributed by atoms with van der Waals surface area (Å²) in [7, 11) is -7.84. The van der Waals surface area contributed by atoms with Crippen LogP contribution in [0.25, 0.3) is 0 Å². The molecule has 2 fully saturated rings. The third-order valence-corrected chi connectivity index (χ3v) is 12.5. The molecule has 1 N–H and O–H groups in total.